The Hall–Kier alpha value is -0.560. The zero-order valence-corrected chi connectivity index (χ0v) is 13.9. The number of aliphatic carboxylic acids is 2. The topological polar surface area (TPSA) is 98.7 Å². The van der Waals surface area contributed by atoms with Gasteiger partial charge >= 0.3 is 11.9 Å². The van der Waals surface area contributed by atoms with E-state index in [1.165, 1.54) is 0 Å². The summed E-state index contributed by atoms with van der Waals surface area (Å²) in [5.41, 5.74) is 0. The van der Waals surface area contributed by atoms with Crippen molar-refractivity contribution in [1.29, 1.82) is 0 Å². The van der Waals surface area contributed by atoms with Crippen molar-refractivity contribution in [3.8, 4) is 0 Å². The van der Waals surface area contributed by atoms with Crippen LogP contribution in [0.1, 0.15) is 12.8 Å². The second-order valence-corrected chi connectivity index (χ2v) is 6.53. The number of carbonyl (C=O) groups is 2. The highest BCUT2D eigenvalue weighted by molar-refractivity contribution is 5.85. The van der Waals surface area contributed by atoms with Gasteiger partial charge in [-0.15, -0.1) is 24.8 Å². The standard InChI is InChI=1S/2C7H11NO2.2ClH/c2*9-7(10)5-1-4-2-8-3-6(4)5;;/h2*4-6,8H,1-3H2,(H,9,10);2*1H/t2*4-,5+,6+;;/m10../s1. The van der Waals surface area contributed by atoms with Crippen LogP contribution in [-0.4, -0.2) is 48.3 Å². The smallest absolute Gasteiger partial charge is 0.306 e. The Bertz CT molecular complexity index is 386. The minimum absolute atomic E-state index is 0. The highest BCUT2D eigenvalue weighted by Gasteiger charge is 2.48. The van der Waals surface area contributed by atoms with Crippen molar-refractivity contribution in [3.63, 3.8) is 0 Å². The zero-order valence-electron chi connectivity index (χ0n) is 12.2. The van der Waals surface area contributed by atoms with Gasteiger partial charge in [-0.05, 0) is 62.7 Å². The Morgan fingerprint density at radius 1 is 0.727 bits per heavy atom. The molecule has 8 heteroatoms. The molecule has 6 nitrogen and oxygen atoms in total. The largest absolute Gasteiger partial charge is 0.481 e. The van der Waals surface area contributed by atoms with E-state index in [1.807, 2.05) is 0 Å². The van der Waals surface area contributed by atoms with E-state index >= 15 is 0 Å². The molecule has 4 N–H and O–H groups in total. The van der Waals surface area contributed by atoms with Crippen LogP contribution in [-0.2, 0) is 9.59 Å². The van der Waals surface area contributed by atoms with Crippen LogP contribution < -0.4 is 10.6 Å². The molecule has 2 aliphatic heterocycles. The molecule has 0 aromatic heterocycles. The Kier molecular flexibility index (Phi) is 6.92. The van der Waals surface area contributed by atoms with Gasteiger partial charge in [-0.25, -0.2) is 0 Å². The average Bonchev–Trinajstić information content (AvgIpc) is 2.84. The van der Waals surface area contributed by atoms with Gasteiger partial charge in [-0.1, -0.05) is 0 Å². The first-order valence-corrected chi connectivity index (χ1v) is 7.45. The normalized spacial score (nSPS) is 40.2. The van der Waals surface area contributed by atoms with Gasteiger partial charge in [0.15, 0.2) is 0 Å². The highest BCUT2D eigenvalue weighted by atomic mass is 35.5. The van der Waals surface area contributed by atoms with Crippen molar-refractivity contribution in [2.24, 2.45) is 35.5 Å². The van der Waals surface area contributed by atoms with Crippen LogP contribution in [0.4, 0.5) is 0 Å². The third kappa shape index (κ3) is 3.50. The van der Waals surface area contributed by atoms with Crippen LogP contribution in [0.5, 0.6) is 0 Å². The molecule has 0 aromatic carbocycles. The molecule has 2 saturated heterocycles. The zero-order chi connectivity index (χ0) is 14.3. The molecule has 0 radical (unpaired) electrons. The summed E-state index contributed by atoms with van der Waals surface area (Å²) < 4.78 is 0. The number of nitrogens with one attached hydrogen (secondary N) is 2. The minimum Gasteiger partial charge on any atom is -0.481 e. The highest BCUT2D eigenvalue weighted by Crippen LogP contribution is 2.43. The fourth-order valence-corrected chi connectivity index (χ4v) is 4.14. The Morgan fingerprint density at radius 3 is 1.36 bits per heavy atom. The van der Waals surface area contributed by atoms with Crippen molar-refractivity contribution in [2.75, 3.05) is 26.2 Å². The average molecular weight is 355 g/mol. The molecular formula is C14H24Cl2N2O4. The maximum Gasteiger partial charge on any atom is 0.306 e. The Labute approximate surface area is 142 Å². The number of carboxylic acid groups (broad SMARTS) is 2. The maximum atomic E-state index is 10.5. The molecule has 0 aromatic rings. The first-order chi connectivity index (χ1) is 9.58. The molecule has 4 aliphatic rings. The molecular weight excluding hydrogens is 331 g/mol. The summed E-state index contributed by atoms with van der Waals surface area (Å²) in [4.78, 5) is 21.0. The number of hydrogen-bond donors (Lipinski definition) is 4. The van der Waals surface area contributed by atoms with Gasteiger partial charge in [-0.2, -0.15) is 0 Å². The molecule has 0 bridgehead atoms. The van der Waals surface area contributed by atoms with Crippen LogP contribution in [0.3, 0.4) is 0 Å². The summed E-state index contributed by atoms with van der Waals surface area (Å²) >= 11 is 0. The number of halogens is 2. The van der Waals surface area contributed by atoms with Crippen LogP contribution >= 0.6 is 24.8 Å². The third-order valence-electron chi connectivity index (χ3n) is 5.57. The van der Waals surface area contributed by atoms with E-state index in [9.17, 15) is 9.59 Å². The van der Waals surface area contributed by atoms with Gasteiger partial charge in [0.25, 0.3) is 0 Å². The van der Waals surface area contributed by atoms with E-state index in [2.05, 4.69) is 10.6 Å². The Morgan fingerprint density at radius 2 is 1.09 bits per heavy atom. The van der Waals surface area contributed by atoms with Crippen molar-refractivity contribution in [3.05, 3.63) is 0 Å². The summed E-state index contributed by atoms with van der Waals surface area (Å²) in [5, 5.41) is 23.7. The van der Waals surface area contributed by atoms with E-state index in [4.69, 9.17) is 10.2 Å². The molecule has 128 valence electrons. The van der Waals surface area contributed by atoms with Crippen LogP contribution in [0.2, 0.25) is 0 Å². The number of carboxylic acids is 2. The fraction of sp³-hybridized carbons (Fsp3) is 0.857. The first-order valence-electron chi connectivity index (χ1n) is 7.45. The lowest BCUT2D eigenvalue weighted by Crippen LogP contribution is -2.40. The van der Waals surface area contributed by atoms with Crippen molar-refractivity contribution >= 4 is 36.8 Å². The molecule has 2 aliphatic carbocycles. The lowest BCUT2D eigenvalue weighted by atomic mass is 9.67. The van der Waals surface area contributed by atoms with Gasteiger partial charge in [-0.3, -0.25) is 9.59 Å². The fourth-order valence-electron chi connectivity index (χ4n) is 4.14. The molecule has 4 fully saturated rings. The molecule has 6 atom stereocenters. The summed E-state index contributed by atoms with van der Waals surface area (Å²) in [5.74, 6) is 0.923. The molecule has 2 saturated carbocycles. The van der Waals surface area contributed by atoms with E-state index in [0.717, 1.165) is 39.0 Å². The number of hydrogen-bond acceptors (Lipinski definition) is 4. The quantitative estimate of drug-likeness (QED) is 0.582. The van der Waals surface area contributed by atoms with Crippen LogP contribution in [0, 0.1) is 35.5 Å². The molecule has 0 amide bonds. The van der Waals surface area contributed by atoms with E-state index < -0.39 is 11.9 Å². The molecule has 22 heavy (non-hydrogen) atoms. The lowest BCUT2D eigenvalue weighted by Gasteiger charge is -2.36. The number of fused-ring (bicyclic) bond motifs is 2. The second kappa shape index (κ2) is 7.81. The summed E-state index contributed by atoms with van der Waals surface area (Å²) in [6.07, 6.45) is 1.79. The van der Waals surface area contributed by atoms with E-state index in [0.29, 0.717) is 23.7 Å². The summed E-state index contributed by atoms with van der Waals surface area (Å²) in [7, 11) is 0. The van der Waals surface area contributed by atoms with Crippen molar-refractivity contribution in [2.45, 2.75) is 12.8 Å². The molecule has 2 heterocycles. The monoisotopic (exact) mass is 354 g/mol. The predicted octanol–water partition coefficient (Wildman–Crippen LogP) is 0.697. The van der Waals surface area contributed by atoms with Crippen molar-refractivity contribution in [1.82, 2.24) is 10.6 Å². The maximum absolute atomic E-state index is 10.5. The van der Waals surface area contributed by atoms with E-state index in [-0.39, 0.29) is 36.6 Å². The Balaban J connectivity index is 0.000000202. The predicted molar refractivity (Wildman–Crippen MR) is 85.7 cm³/mol. The van der Waals surface area contributed by atoms with Gasteiger partial charge in [0.05, 0.1) is 11.8 Å². The van der Waals surface area contributed by atoms with E-state index in [1.54, 1.807) is 0 Å². The van der Waals surface area contributed by atoms with Crippen LogP contribution in [0.25, 0.3) is 0 Å². The SMILES string of the molecule is Cl.Cl.O=C(O)[C@@H]1C[C@H]2CNC[C@H]21.O=C(O)[C@H]1C[C@@H]2CNC[C@@H]21. The molecule has 4 rings (SSSR count). The van der Waals surface area contributed by atoms with Crippen molar-refractivity contribution < 1.29 is 19.8 Å². The summed E-state index contributed by atoms with van der Waals surface area (Å²) in [6, 6.07) is 0. The number of rotatable bonds is 2. The van der Waals surface area contributed by atoms with Gasteiger partial charge in [0, 0.05) is 0 Å². The lowest BCUT2D eigenvalue weighted by molar-refractivity contribution is -0.150. The van der Waals surface area contributed by atoms with Gasteiger partial charge in [0.2, 0.25) is 0 Å². The molecule has 0 spiro atoms. The third-order valence-corrected chi connectivity index (χ3v) is 5.57. The van der Waals surface area contributed by atoms with Crippen LogP contribution in [0.15, 0.2) is 0 Å². The van der Waals surface area contributed by atoms with Gasteiger partial charge < -0.3 is 20.8 Å². The summed E-state index contributed by atoms with van der Waals surface area (Å²) in [6.45, 7) is 3.91. The van der Waals surface area contributed by atoms with Gasteiger partial charge in [0.1, 0.15) is 0 Å². The minimum atomic E-state index is -0.607. The molecule has 0 unspecified atom stereocenters. The second-order valence-electron chi connectivity index (χ2n) is 6.53. The first kappa shape index (κ1) is 19.5.